The number of imide groups is 1. The topological polar surface area (TPSA) is 84.4 Å². The van der Waals surface area contributed by atoms with Crippen molar-refractivity contribution in [3.63, 3.8) is 0 Å². The van der Waals surface area contributed by atoms with Crippen LogP contribution in [0.15, 0.2) is 42.6 Å². The molecule has 1 aromatic heterocycles. The molecule has 2 aliphatic heterocycles. The smallest absolute Gasteiger partial charge is 0.258 e. The van der Waals surface area contributed by atoms with Crippen molar-refractivity contribution in [1.82, 2.24) is 15.3 Å². The summed E-state index contributed by atoms with van der Waals surface area (Å²) in [5, 5.41) is 2.27. The molecule has 0 spiro atoms. The fourth-order valence-electron chi connectivity index (χ4n) is 4.12. The van der Waals surface area contributed by atoms with Crippen LogP contribution in [-0.4, -0.2) is 41.0 Å². The SMILES string of the molecule is CC(C)N1CCOc2ccc(-c3nc(Cc4ccc5c(c4)C(=O)NC5=O)ncc3F)cc21. The molecular formula is C24H21FN4O3. The monoisotopic (exact) mass is 432 g/mol. The van der Waals surface area contributed by atoms with E-state index >= 15 is 0 Å². The quantitative estimate of drug-likeness (QED) is 0.637. The zero-order chi connectivity index (χ0) is 22.4. The minimum absolute atomic E-state index is 0.209. The van der Waals surface area contributed by atoms with Crippen molar-refractivity contribution in [2.45, 2.75) is 26.3 Å². The third-order valence-electron chi connectivity index (χ3n) is 5.71. The molecule has 2 amide bonds. The molecule has 8 heteroatoms. The second-order valence-electron chi connectivity index (χ2n) is 8.14. The van der Waals surface area contributed by atoms with Crippen molar-refractivity contribution in [2.75, 3.05) is 18.1 Å². The van der Waals surface area contributed by atoms with Crippen molar-refractivity contribution in [1.29, 1.82) is 0 Å². The Morgan fingerprint density at radius 1 is 1.12 bits per heavy atom. The molecule has 5 rings (SSSR count). The lowest BCUT2D eigenvalue weighted by Gasteiger charge is -2.34. The number of fused-ring (bicyclic) bond motifs is 2. The molecule has 2 aliphatic rings. The van der Waals surface area contributed by atoms with Gasteiger partial charge in [-0.2, -0.15) is 0 Å². The van der Waals surface area contributed by atoms with E-state index in [4.69, 9.17) is 4.74 Å². The minimum atomic E-state index is -0.513. The number of nitrogens with one attached hydrogen (secondary N) is 1. The van der Waals surface area contributed by atoms with E-state index in [1.807, 2.05) is 12.1 Å². The first-order valence-electron chi connectivity index (χ1n) is 10.4. The van der Waals surface area contributed by atoms with Crippen LogP contribution in [0.1, 0.15) is 46.0 Å². The molecule has 32 heavy (non-hydrogen) atoms. The summed E-state index contributed by atoms with van der Waals surface area (Å²) in [4.78, 5) is 34.5. The number of aromatic nitrogens is 2. The summed E-state index contributed by atoms with van der Waals surface area (Å²) in [6.45, 7) is 5.59. The fraction of sp³-hybridized carbons (Fsp3) is 0.250. The largest absolute Gasteiger partial charge is 0.490 e. The van der Waals surface area contributed by atoms with Crippen LogP contribution in [-0.2, 0) is 6.42 Å². The summed E-state index contributed by atoms with van der Waals surface area (Å²) >= 11 is 0. The predicted molar refractivity (Wildman–Crippen MR) is 116 cm³/mol. The molecule has 0 bridgehead atoms. The van der Waals surface area contributed by atoms with Crippen molar-refractivity contribution in [3.8, 4) is 17.0 Å². The number of halogens is 1. The van der Waals surface area contributed by atoms with E-state index in [1.54, 1.807) is 24.3 Å². The van der Waals surface area contributed by atoms with E-state index in [2.05, 4.69) is 34.0 Å². The molecule has 0 radical (unpaired) electrons. The Labute approximate surface area is 184 Å². The normalized spacial score (nSPS) is 14.8. The van der Waals surface area contributed by atoms with E-state index in [-0.39, 0.29) is 11.7 Å². The number of anilines is 1. The minimum Gasteiger partial charge on any atom is -0.490 e. The summed E-state index contributed by atoms with van der Waals surface area (Å²) in [6, 6.07) is 10.8. The van der Waals surface area contributed by atoms with Crippen LogP contribution in [0.25, 0.3) is 11.3 Å². The van der Waals surface area contributed by atoms with Gasteiger partial charge in [0.05, 0.1) is 29.6 Å². The van der Waals surface area contributed by atoms with E-state index in [1.165, 1.54) is 0 Å². The highest BCUT2D eigenvalue weighted by molar-refractivity contribution is 6.21. The highest BCUT2D eigenvalue weighted by Crippen LogP contribution is 2.36. The van der Waals surface area contributed by atoms with Crippen LogP contribution in [0, 0.1) is 5.82 Å². The van der Waals surface area contributed by atoms with Gasteiger partial charge < -0.3 is 9.64 Å². The standard InChI is InChI=1S/C24H21FN4O3/c1-13(2)29-7-8-32-20-6-4-15(11-19(20)29)22-18(25)12-26-21(27-22)10-14-3-5-16-17(9-14)24(31)28-23(16)30/h3-6,9,11-13H,7-8,10H2,1-2H3,(H,28,30,31). The van der Waals surface area contributed by atoms with Gasteiger partial charge in [-0.1, -0.05) is 6.07 Å². The van der Waals surface area contributed by atoms with E-state index in [9.17, 15) is 14.0 Å². The number of rotatable bonds is 4. The molecule has 0 aliphatic carbocycles. The Bertz CT molecular complexity index is 1260. The molecule has 3 aromatic rings. The van der Waals surface area contributed by atoms with Gasteiger partial charge in [-0.3, -0.25) is 14.9 Å². The molecule has 162 valence electrons. The lowest BCUT2D eigenvalue weighted by atomic mass is 10.0. The zero-order valence-electron chi connectivity index (χ0n) is 17.7. The number of nitrogens with zero attached hydrogens (tertiary/aromatic N) is 3. The zero-order valence-corrected chi connectivity index (χ0v) is 17.7. The third kappa shape index (κ3) is 3.47. The van der Waals surface area contributed by atoms with E-state index < -0.39 is 17.6 Å². The van der Waals surface area contributed by atoms with E-state index in [0.29, 0.717) is 35.5 Å². The molecule has 3 heterocycles. The number of hydrogen-bond donors (Lipinski definition) is 1. The molecule has 0 saturated carbocycles. The molecule has 0 fully saturated rings. The van der Waals surface area contributed by atoms with Crippen molar-refractivity contribution < 1.29 is 18.7 Å². The van der Waals surface area contributed by atoms with Gasteiger partial charge in [-0.05, 0) is 49.7 Å². The summed E-state index contributed by atoms with van der Waals surface area (Å²) < 4.78 is 20.5. The van der Waals surface area contributed by atoms with Crippen molar-refractivity contribution in [3.05, 3.63) is 70.9 Å². The molecule has 0 unspecified atom stereocenters. The molecule has 7 nitrogen and oxygen atoms in total. The Kier molecular flexibility index (Phi) is 4.84. The van der Waals surface area contributed by atoms with Crippen LogP contribution in [0.2, 0.25) is 0 Å². The maximum absolute atomic E-state index is 14.7. The Hall–Kier alpha value is -3.81. The second kappa shape index (κ2) is 7.71. The molecule has 2 aromatic carbocycles. The molecular weight excluding hydrogens is 411 g/mol. The highest BCUT2D eigenvalue weighted by atomic mass is 19.1. The Morgan fingerprint density at radius 3 is 2.75 bits per heavy atom. The number of amides is 2. The lowest BCUT2D eigenvalue weighted by molar-refractivity contribution is 0.0879. The number of hydrogen-bond acceptors (Lipinski definition) is 6. The molecule has 1 N–H and O–H groups in total. The van der Waals surface area contributed by atoms with Crippen LogP contribution in [0.4, 0.5) is 10.1 Å². The number of carbonyl (C=O) groups excluding carboxylic acids is 2. The maximum Gasteiger partial charge on any atom is 0.258 e. The van der Waals surface area contributed by atoms with Gasteiger partial charge in [0, 0.05) is 18.0 Å². The first-order valence-corrected chi connectivity index (χ1v) is 10.4. The van der Waals surface area contributed by atoms with Gasteiger partial charge in [0.25, 0.3) is 11.8 Å². The third-order valence-corrected chi connectivity index (χ3v) is 5.71. The first kappa shape index (κ1) is 20.1. The molecule has 0 saturated heterocycles. The highest BCUT2D eigenvalue weighted by Gasteiger charge is 2.27. The van der Waals surface area contributed by atoms with E-state index in [0.717, 1.165) is 29.7 Å². The van der Waals surface area contributed by atoms with Crippen molar-refractivity contribution >= 4 is 17.5 Å². The molecule has 0 atom stereocenters. The lowest BCUT2D eigenvalue weighted by Crippen LogP contribution is -2.37. The Morgan fingerprint density at radius 2 is 1.94 bits per heavy atom. The average molecular weight is 432 g/mol. The maximum atomic E-state index is 14.7. The van der Waals surface area contributed by atoms with Gasteiger partial charge in [-0.15, -0.1) is 0 Å². The van der Waals surface area contributed by atoms with Gasteiger partial charge in [-0.25, -0.2) is 14.4 Å². The van der Waals surface area contributed by atoms with Gasteiger partial charge in [0.1, 0.15) is 23.9 Å². The summed E-state index contributed by atoms with van der Waals surface area (Å²) in [5.41, 5.74) is 3.21. The van der Waals surface area contributed by atoms with Crippen LogP contribution >= 0.6 is 0 Å². The Balaban J connectivity index is 1.48. The fourth-order valence-corrected chi connectivity index (χ4v) is 4.12. The van der Waals surface area contributed by atoms with Gasteiger partial charge in [0.2, 0.25) is 0 Å². The average Bonchev–Trinajstić information content (AvgIpc) is 3.07. The van der Waals surface area contributed by atoms with Crippen LogP contribution in [0.5, 0.6) is 5.75 Å². The predicted octanol–water partition coefficient (Wildman–Crippen LogP) is 3.36. The second-order valence-corrected chi connectivity index (χ2v) is 8.14. The number of carbonyl (C=O) groups is 2. The number of benzene rings is 2. The summed E-state index contributed by atoms with van der Waals surface area (Å²) in [7, 11) is 0. The van der Waals surface area contributed by atoms with Gasteiger partial charge in [0.15, 0.2) is 5.82 Å². The number of ether oxygens (including phenoxy) is 1. The van der Waals surface area contributed by atoms with Gasteiger partial charge >= 0.3 is 0 Å². The van der Waals surface area contributed by atoms with Crippen LogP contribution < -0.4 is 15.0 Å². The van der Waals surface area contributed by atoms with Crippen molar-refractivity contribution in [2.24, 2.45) is 0 Å². The summed E-state index contributed by atoms with van der Waals surface area (Å²) in [5.74, 6) is -0.141. The first-order chi connectivity index (χ1) is 15.4. The summed E-state index contributed by atoms with van der Waals surface area (Å²) in [6.07, 6.45) is 1.46. The van der Waals surface area contributed by atoms with Crippen LogP contribution in [0.3, 0.4) is 0 Å².